The number of morpholine rings is 1. The third-order valence-corrected chi connectivity index (χ3v) is 4.76. The fraction of sp³-hybridized carbons (Fsp3) is 0.647. The Labute approximate surface area is 122 Å². The Morgan fingerprint density at radius 3 is 2.35 bits per heavy atom. The van der Waals surface area contributed by atoms with E-state index in [1.165, 1.54) is 24.0 Å². The second kappa shape index (κ2) is 5.84. The van der Waals surface area contributed by atoms with Gasteiger partial charge in [-0.05, 0) is 31.7 Å². The van der Waals surface area contributed by atoms with Gasteiger partial charge in [-0.25, -0.2) is 0 Å². The molecule has 1 aromatic carbocycles. The normalized spacial score (nSPS) is 29.4. The number of rotatable bonds is 4. The molecule has 2 N–H and O–H groups in total. The minimum atomic E-state index is 0.190. The first-order chi connectivity index (χ1) is 9.67. The number of hydrogen-bond donors (Lipinski definition) is 1. The molecule has 20 heavy (non-hydrogen) atoms. The standard InChI is InChI=1S/C17H26N2O/c1-3-16(18)17(13-6-4-12(2)5-7-13)19-10-14-8-9-15(11-19)20-14/h4-7,14-17H,3,8-11,18H2,1-2H3. The summed E-state index contributed by atoms with van der Waals surface area (Å²) in [4.78, 5) is 2.56. The van der Waals surface area contributed by atoms with Crippen LogP contribution in [0.15, 0.2) is 24.3 Å². The first kappa shape index (κ1) is 14.1. The van der Waals surface area contributed by atoms with Crippen molar-refractivity contribution < 1.29 is 4.74 Å². The first-order valence-corrected chi connectivity index (χ1v) is 7.89. The fourth-order valence-corrected chi connectivity index (χ4v) is 3.59. The third kappa shape index (κ3) is 2.76. The molecule has 4 atom stereocenters. The van der Waals surface area contributed by atoms with Gasteiger partial charge in [0, 0.05) is 19.1 Å². The van der Waals surface area contributed by atoms with Crippen LogP contribution in [0.1, 0.15) is 43.4 Å². The Hall–Kier alpha value is -0.900. The molecule has 0 amide bonds. The van der Waals surface area contributed by atoms with Gasteiger partial charge in [0.15, 0.2) is 0 Å². The van der Waals surface area contributed by atoms with Crippen LogP contribution in [0.25, 0.3) is 0 Å². The van der Waals surface area contributed by atoms with E-state index in [0.717, 1.165) is 19.5 Å². The van der Waals surface area contributed by atoms with Crippen molar-refractivity contribution in [1.82, 2.24) is 4.90 Å². The van der Waals surface area contributed by atoms with E-state index in [2.05, 4.69) is 43.0 Å². The summed E-state index contributed by atoms with van der Waals surface area (Å²) in [5.74, 6) is 0. The molecule has 0 saturated carbocycles. The lowest BCUT2D eigenvalue weighted by atomic mass is 9.95. The van der Waals surface area contributed by atoms with Crippen LogP contribution >= 0.6 is 0 Å². The third-order valence-electron chi connectivity index (χ3n) is 4.76. The summed E-state index contributed by atoms with van der Waals surface area (Å²) < 4.78 is 5.96. The van der Waals surface area contributed by atoms with Gasteiger partial charge in [0.05, 0.1) is 18.2 Å². The highest BCUT2D eigenvalue weighted by molar-refractivity contribution is 5.25. The predicted octanol–water partition coefficient (Wildman–Crippen LogP) is 2.64. The van der Waals surface area contributed by atoms with Crippen molar-refractivity contribution in [2.75, 3.05) is 13.1 Å². The summed E-state index contributed by atoms with van der Waals surface area (Å²) in [5, 5.41) is 0. The van der Waals surface area contributed by atoms with E-state index in [9.17, 15) is 0 Å². The van der Waals surface area contributed by atoms with Crippen molar-refractivity contribution in [3.8, 4) is 0 Å². The molecule has 3 rings (SSSR count). The molecule has 3 nitrogen and oxygen atoms in total. The van der Waals surface area contributed by atoms with Crippen molar-refractivity contribution in [1.29, 1.82) is 0 Å². The second-order valence-corrected chi connectivity index (χ2v) is 6.34. The summed E-state index contributed by atoms with van der Waals surface area (Å²) >= 11 is 0. The van der Waals surface area contributed by atoms with Crippen LogP contribution in [0.4, 0.5) is 0 Å². The SMILES string of the molecule is CCC(N)C(c1ccc(C)cc1)N1CC2CCC(C1)O2. The summed E-state index contributed by atoms with van der Waals surface area (Å²) in [5.41, 5.74) is 9.11. The summed E-state index contributed by atoms with van der Waals surface area (Å²) in [6.07, 6.45) is 4.27. The lowest BCUT2D eigenvalue weighted by Gasteiger charge is -2.40. The molecule has 0 aromatic heterocycles. The monoisotopic (exact) mass is 274 g/mol. The van der Waals surface area contributed by atoms with Gasteiger partial charge in [0.2, 0.25) is 0 Å². The van der Waals surface area contributed by atoms with Gasteiger partial charge >= 0.3 is 0 Å². The van der Waals surface area contributed by atoms with Gasteiger partial charge in [0.1, 0.15) is 0 Å². The fourth-order valence-electron chi connectivity index (χ4n) is 3.59. The largest absolute Gasteiger partial charge is 0.372 e. The zero-order valence-corrected chi connectivity index (χ0v) is 12.6. The van der Waals surface area contributed by atoms with Crippen molar-refractivity contribution >= 4 is 0 Å². The number of benzene rings is 1. The Bertz CT molecular complexity index is 433. The van der Waals surface area contributed by atoms with E-state index >= 15 is 0 Å². The van der Waals surface area contributed by atoms with Crippen molar-refractivity contribution in [2.45, 2.75) is 57.4 Å². The van der Waals surface area contributed by atoms with E-state index in [-0.39, 0.29) is 6.04 Å². The van der Waals surface area contributed by atoms with Crippen LogP contribution in [0.3, 0.4) is 0 Å². The van der Waals surface area contributed by atoms with E-state index in [1.807, 2.05) is 0 Å². The highest BCUT2D eigenvalue weighted by Crippen LogP contribution is 2.33. The molecule has 0 aliphatic carbocycles. The maximum absolute atomic E-state index is 6.45. The number of nitrogens with zero attached hydrogens (tertiary/aromatic N) is 1. The smallest absolute Gasteiger partial charge is 0.0707 e. The number of likely N-dealkylation sites (tertiary alicyclic amines) is 1. The molecule has 0 spiro atoms. The lowest BCUT2D eigenvalue weighted by molar-refractivity contribution is -0.0568. The molecule has 4 unspecified atom stereocenters. The number of aryl methyl sites for hydroxylation is 1. The van der Waals surface area contributed by atoms with Gasteiger partial charge in [-0.3, -0.25) is 4.90 Å². The molecule has 3 heteroatoms. The van der Waals surface area contributed by atoms with Crippen molar-refractivity contribution in [3.05, 3.63) is 35.4 Å². The molecule has 1 aromatic rings. The highest BCUT2D eigenvalue weighted by Gasteiger charge is 2.38. The zero-order valence-electron chi connectivity index (χ0n) is 12.6. The minimum absolute atomic E-state index is 0.190. The van der Waals surface area contributed by atoms with E-state index in [4.69, 9.17) is 10.5 Å². The van der Waals surface area contributed by atoms with Crippen molar-refractivity contribution in [2.24, 2.45) is 5.73 Å². The van der Waals surface area contributed by atoms with Gasteiger partial charge in [-0.1, -0.05) is 36.8 Å². The predicted molar refractivity (Wildman–Crippen MR) is 81.7 cm³/mol. The lowest BCUT2D eigenvalue weighted by Crippen LogP contribution is -2.49. The molecule has 2 heterocycles. The van der Waals surface area contributed by atoms with Crippen LogP contribution in [0.2, 0.25) is 0 Å². The quantitative estimate of drug-likeness (QED) is 0.917. The van der Waals surface area contributed by atoms with Crippen LogP contribution in [-0.2, 0) is 4.74 Å². The van der Waals surface area contributed by atoms with Gasteiger partial charge in [-0.15, -0.1) is 0 Å². The number of hydrogen-bond acceptors (Lipinski definition) is 3. The Balaban J connectivity index is 1.84. The van der Waals surface area contributed by atoms with Crippen molar-refractivity contribution in [3.63, 3.8) is 0 Å². The van der Waals surface area contributed by atoms with E-state index < -0.39 is 0 Å². The topological polar surface area (TPSA) is 38.5 Å². The Kier molecular flexibility index (Phi) is 4.11. The number of ether oxygens (including phenoxy) is 1. The molecule has 2 aliphatic rings. The van der Waals surface area contributed by atoms with Crippen LogP contribution in [0, 0.1) is 6.92 Å². The Morgan fingerprint density at radius 1 is 1.20 bits per heavy atom. The summed E-state index contributed by atoms with van der Waals surface area (Å²) in [7, 11) is 0. The number of nitrogens with two attached hydrogens (primary N) is 1. The zero-order chi connectivity index (χ0) is 14.1. The molecular formula is C17H26N2O. The molecule has 2 bridgehead atoms. The van der Waals surface area contributed by atoms with E-state index in [1.54, 1.807) is 0 Å². The average Bonchev–Trinajstić information content (AvgIpc) is 2.80. The molecule has 2 aliphatic heterocycles. The second-order valence-electron chi connectivity index (χ2n) is 6.34. The van der Waals surface area contributed by atoms with Crippen LogP contribution in [-0.4, -0.2) is 36.2 Å². The minimum Gasteiger partial charge on any atom is -0.372 e. The molecular weight excluding hydrogens is 248 g/mol. The van der Waals surface area contributed by atoms with E-state index in [0.29, 0.717) is 18.2 Å². The maximum Gasteiger partial charge on any atom is 0.0707 e. The maximum atomic E-state index is 6.45. The molecule has 2 saturated heterocycles. The first-order valence-electron chi connectivity index (χ1n) is 7.89. The molecule has 2 fully saturated rings. The molecule has 0 radical (unpaired) electrons. The van der Waals surface area contributed by atoms with Gasteiger partial charge in [0.25, 0.3) is 0 Å². The van der Waals surface area contributed by atoms with Gasteiger partial charge in [-0.2, -0.15) is 0 Å². The van der Waals surface area contributed by atoms with Crippen LogP contribution < -0.4 is 5.73 Å². The average molecular weight is 274 g/mol. The summed E-state index contributed by atoms with van der Waals surface area (Å²) in [6, 6.07) is 9.39. The van der Waals surface area contributed by atoms with Crippen LogP contribution in [0.5, 0.6) is 0 Å². The highest BCUT2D eigenvalue weighted by atomic mass is 16.5. The van der Waals surface area contributed by atoms with Gasteiger partial charge < -0.3 is 10.5 Å². The summed E-state index contributed by atoms with van der Waals surface area (Å²) in [6.45, 7) is 6.37. The Morgan fingerprint density at radius 2 is 1.80 bits per heavy atom. The number of fused-ring (bicyclic) bond motifs is 2. The molecule has 110 valence electrons.